The summed E-state index contributed by atoms with van der Waals surface area (Å²) in [7, 11) is 2.98. The molecule has 2 aromatic carbocycles. The SMILES string of the molecule is COc1cc(OC)cc(C(=O)N/N=C\c2ccc(-c3cccc([N+](=O)[O-])c3C)o2)c1. The summed E-state index contributed by atoms with van der Waals surface area (Å²) in [6.45, 7) is 1.66. The summed E-state index contributed by atoms with van der Waals surface area (Å²) in [6.07, 6.45) is 1.34. The first-order valence-corrected chi connectivity index (χ1v) is 8.83. The molecule has 154 valence electrons. The summed E-state index contributed by atoms with van der Waals surface area (Å²) in [5, 5.41) is 15.0. The summed E-state index contributed by atoms with van der Waals surface area (Å²) in [4.78, 5) is 23.0. The second-order valence-corrected chi connectivity index (χ2v) is 6.21. The number of benzene rings is 2. The van der Waals surface area contributed by atoms with Gasteiger partial charge in [0.25, 0.3) is 11.6 Å². The number of methoxy groups -OCH3 is 2. The zero-order valence-corrected chi connectivity index (χ0v) is 16.5. The number of amides is 1. The lowest BCUT2D eigenvalue weighted by molar-refractivity contribution is -0.385. The van der Waals surface area contributed by atoms with E-state index in [0.29, 0.717) is 39.7 Å². The third kappa shape index (κ3) is 4.46. The van der Waals surface area contributed by atoms with E-state index in [-0.39, 0.29) is 5.69 Å². The van der Waals surface area contributed by atoms with Crippen molar-refractivity contribution in [2.75, 3.05) is 14.2 Å². The predicted molar refractivity (Wildman–Crippen MR) is 110 cm³/mol. The van der Waals surface area contributed by atoms with Gasteiger partial charge in [0.15, 0.2) is 0 Å². The summed E-state index contributed by atoms with van der Waals surface area (Å²) in [6, 6.07) is 12.9. The van der Waals surface area contributed by atoms with Crippen LogP contribution in [0.15, 0.2) is 58.0 Å². The minimum absolute atomic E-state index is 0.0140. The van der Waals surface area contributed by atoms with Crippen molar-refractivity contribution in [1.29, 1.82) is 0 Å². The molecule has 0 radical (unpaired) electrons. The lowest BCUT2D eigenvalue weighted by atomic mass is 10.1. The quantitative estimate of drug-likeness (QED) is 0.359. The topological polar surface area (TPSA) is 116 Å². The van der Waals surface area contributed by atoms with Crippen molar-refractivity contribution < 1.29 is 23.6 Å². The number of rotatable bonds is 7. The van der Waals surface area contributed by atoms with E-state index in [0.717, 1.165) is 0 Å². The van der Waals surface area contributed by atoms with Crippen molar-refractivity contribution >= 4 is 17.8 Å². The molecule has 0 saturated carbocycles. The van der Waals surface area contributed by atoms with E-state index in [9.17, 15) is 14.9 Å². The van der Waals surface area contributed by atoms with Gasteiger partial charge in [-0.1, -0.05) is 12.1 Å². The summed E-state index contributed by atoms with van der Waals surface area (Å²) >= 11 is 0. The molecule has 0 aliphatic carbocycles. The number of carbonyl (C=O) groups is 1. The fourth-order valence-electron chi connectivity index (χ4n) is 2.81. The zero-order valence-electron chi connectivity index (χ0n) is 16.5. The predicted octanol–water partition coefficient (Wildman–Crippen LogP) is 3.94. The molecule has 0 aliphatic heterocycles. The van der Waals surface area contributed by atoms with Crippen molar-refractivity contribution in [2.24, 2.45) is 5.10 Å². The van der Waals surface area contributed by atoms with Crippen LogP contribution in [0.25, 0.3) is 11.3 Å². The second kappa shape index (κ2) is 8.91. The van der Waals surface area contributed by atoms with Crippen LogP contribution < -0.4 is 14.9 Å². The second-order valence-electron chi connectivity index (χ2n) is 6.21. The first-order valence-electron chi connectivity index (χ1n) is 8.83. The lowest BCUT2D eigenvalue weighted by Crippen LogP contribution is -2.17. The lowest BCUT2D eigenvalue weighted by Gasteiger charge is -2.07. The summed E-state index contributed by atoms with van der Waals surface area (Å²) in [5.74, 6) is 1.34. The minimum Gasteiger partial charge on any atom is -0.497 e. The summed E-state index contributed by atoms with van der Waals surface area (Å²) < 4.78 is 16.0. The van der Waals surface area contributed by atoms with Crippen molar-refractivity contribution in [3.63, 3.8) is 0 Å². The minimum atomic E-state index is -0.454. The number of hydrogen-bond acceptors (Lipinski definition) is 7. The van der Waals surface area contributed by atoms with E-state index in [1.807, 2.05) is 0 Å². The van der Waals surface area contributed by atoms with Crippen molar-refractivity contribution in [3.8, 4) is 22.8 Å². The highest BCUT2D eigenvalue weighted by Gasteiger charge is 2.16. The maximum absolute atomic E-state index is 12.3. The van der Waals surface area contributed by atoms with Crippen LogP contribution in [0, 0.1) is 17.0 Å². The molecule has 1 amide bonds. The van der Waals surface area contributed by atoms with Crippen molar-refractivity contribution in [3.05, 3.63) is 75.5 Å². The number of hydrogen-bond donors (Lipinski definition) is 1. The molecule has 0 spiro atoms. The third-order valence-corrected chi connectivity index (χ3v) is 4.37. The Labute approximate surface area is 172 Å². The van der Waals surface area contributed by atoms with Crippen LogP contribution in [0.1, 0.15) is 21.7 Å². The molecule has 0 fully saturated rings. The monoisotopic (exact) mass is 409 g/mol. The molecular weight excluding hydrogens is 390 g/mol. The largest absolute Gasteiger partial charge is 0.497 e. The van der Waals surface area contributed by atoms with Gasteiger partial charge in [0, 0.05) is 28.8 Å². The first kappa shape index (κ1) is 20.6. The van der Waals surface area contributed by atoms with Gasteiger partial charge in [0.1, 0.15) is 23.0 Å². The molecule has 0 aliphatic rings. The van der Waals surface area contributed by atoms with Crippen LogP contribution in [-0.4, -0.2) is 31.3 Å². The Morgan fingerprint density at radius 1 is 1.13 bits per heavy atom. The van der Waals surface area contributed by atoms with Gasteiger partial charge in [-0.05, 0) is 31.2 Å². The van der Waals surface area contributed by atoms with Gasteiger partial charge in [-0.3, -0.25) is 14.9 Å². The first-order chi connectivity index (χ1) is 14.4. The number of nitro groups is 1. The van der Waals surface area contributed by atoms with Gasteiger partial charge < -0.3 is 13.9 Å². The number of nitrogens with one attached hydrogen (secondary N) is 1. The maximum Gasteiger partial charge on any atom is 0.273 e. The Bertz CT molecular complexity index is 1100. The van der Waals surface area contributed by atoms with Gasteiger partial charge in [0.05, 0.1) is 25.4 Å². The number of ether oxygens (including phenoxy) is 2. The highest BCUT2D eigenvalue weighted by molar-refractivity contribution is 5.95. The molecule has 1 heterocycles. The molecule has 1 N–H and O–H groups in total. The number of hydrazone groups is 1. The molecule has 3 aromatic rings. The zero-order chi connectivity index (χ0) is 21.7. The number of carbonyl (C=O) groups excluding carboxylic acids is 1. The molecule has 9 nitrogen and oxygen atoms in total. The van der Waals surface area contributed by atoms with E-state index in [4.69, 9.17) is 13.9 Å². The molecule has 1 aromatic heterocycles. The van der Waals surface area contributed by atoms with E-state index in [1.165, 1.54) is 26.5 Å². The van der Waals surface area contributed by atoms with Crippen LogP contribution in [0.2, 0.25) is 0 Å². The van der Waals surface area contributed by atoms with E-state index in [2.05, 4.69) is 10.5 Å². The fraction of sp³-hybridized carbons (Fsp3) is 0.143. The Kier molecular flexibility index (Phi) is 6.11. The smallest absolute Gasteiger partial charge is 0.273 e. The Morgan fingerprint density at radius 2 is 1.83 bits per heavy atom. The highest BCUT2D eigenvalue weighted by Crippen LogP contribution is 2.30. The average molecular weight is 409 g/mol. The van der Waals surface area contributed by atoms with Crippen LogP contribution in [0.3, 0.4) is 0 Å². The molecule has 3 rings (SSSR count). The normalized spacial score (nSPS) is 10.8. The van der Waals surface area contributed by atoms with Crippen molar-refractivity contribution in [1.82, 2.24) is 5.43 Å². The Hall–Kier alpha value is -4.14. The number of furan rings is 1. The fourth-order valence-corrected chi connectivity index (χ4v) is 2.81. The van der Waals surface area contributed by atoms with E-state index >= 15 is 0 Å². The number of nitrogens with zero attached hydrogens (tertiary/aromatic N) is 2. The molecule has 0 atom stereocenters. The Morgan fingerprint density at radius 3 is 2.47 bits per heavy atom. The Balaban J connectivity index is 1.73. The maximum atomic E-state index is 12.3. The molecule has 30 heavy (non-hydrogen) atoms. The van der Waals surface area contributed by atoms with Gasteiger partial charge >= 0.3 is 0 Å². The molecule has 0 bridgehead atoms. The summed E-state index contributed by atoms with van der Waals surface area (Å²) in [5.41, 5.74) is 3.84. The van der Waals surface area contributed by atoms with Crippen LogP contribution in [0.4, 0.5) is 5.69 Å². The van der Waals surface area contributed by atoms with E-state index in [1.54, 1.807) is 49.4 Å². The highest BCUT2D eigenvalue weighted by atomic mass is 16.6. The molecule has 9 heteroatoms. The van der Waals surface area contributed by atoms with Crippen LogP contribution >= 0.6 is 0 Å². The molecule has 0 saturated heterocycles. The van der Waals surface area contributed by atoms with E-state index < -0.39 is 10.8 Å². The van der Waals surface area contributed by atoms with Crippen LogP contribution in [0.5, 0.6) is 11.5 Å². The third-order valence-electron chi connectivity index (χ3n) is 4.37. The van der Waals surface area contributed by atoms with Gasteiger partial charge in [-0.2, -0.15) is 5.10 Å². The van der Waals surface area contributed by atoms with Gasteiger partial charge in [-0.15, -0.1) is 0 Å². The van der Waals surface area contributed by atoms with Gasteiger partial charge in [-0.25, -0.2) is 5.43 Å². The standard InChI is InChI=1S/C21H19N3O6/c1-13-18(5-4-6-19(13)24(26)27)20-8-7-15(30-20)12-22-23-21(25)14-9-16(28-2)11-17(10-14)29-3/h4-12H,1-3H3,(H,23,25)/b22-12-. The number of nitro benzene ring substituents is 1. The van der Waals surface area contributed by atoms with Gasteiger partial charge in [0.2, 0.25) is 0 Å². The molecule has 0 unspecified atom stereocenters. The average Bonchev–Trinajstić information content (AvgIpc) is 3.21. The van der Waals surface area contributed by atoms with Crippen molar-refractivity contribution in [2.45, 2.75) is 6.92 Å². The van der Waals surface area contributed by atoms with Crippen LogP contribution in [-0.2, 0) is 0 Å². The molecular formula is C21H19N3O6.